The van der Waals surface area contributed by atoms with E-state index in [0.29, 0.717) is 40.6 Å². The monoisotopic (exact) mass is 428 g/mol. The van der Waals surface area contributed by atoms with Crippen LogP contribution in [0.5, 0.6) is 0 Å². The first-order valence-electron chi connectivity index (χ1n) is 9.45. The summed E-state index contributed by atoms with van der Waals surface area (Å²) in [5.74, 6) is -0.702. The average Bonchev–Trinajstić information content (AvgIpc) is 3.36. The molecule has 0 radical (unpaired) electrons. The highest BCUT2D eigenvalue weighted by molar-refractivity contribution is 6.31. The lowest BCUT2D eigenvalue weighted by Crippen LogP contribution is -2.36. The van der Waals surface area contributed by atoms with Crippen LogP contribution in [0.4, 0.5) is 0 Å². The molecule has 3 heterocycles. The summed E-state index contributed by atoms with van der Waals surface area (Å²) in [7, 11) is 3.76. The van der Waals surface area contributed by atoms with Crippen LogP contribution in [0.15, 0.2) is 56.6 Å². The maximum atomic E-state index is 13.4. The van der Waals surface area contributed by atoms with E-state index in [0.717, 1.165) is 0 Å². The number of furan rings is 2. The first kappa shape index (κ1) is 20.3. The summed E-state index contributed by atoms with van der Waals surface area (Å²) >= 11 is 6.02. The van der Waals surface area contributed by atoms with Crippen molar-refractivity contribution in [3.63, 3.8) is 0 Å². The Morgan fingerprint density at radius 1 is 1.20 bits per heavy atom. The Labute approximate surface area is 178 Å². The molecular formula is C22H21ClN2O5. The summed E-state index contributed by atoms with van der Waals surface area (Å²) in [6, 6.07) is 9.19. The zero-order valence-electron chi connectivity index (χ0n) is 16.8. The zero-order chi connectivity index (χ0) is 21.6. The molecule has 1 amide bonds. The molecular weight excluding hydrogens is 408 g/mol. The number of aliphatic hydroxyl groups is 1. The van der Waals surface area contributed by atoms with Crippen molar-refractivity contribution in [1.82, 2.24) is 9.80 Å². The molecule has 0 bridgehead atoms. The molecule has 30 heavy (non-hydrogen) atoms. The fourth-order valence-electron chi connectivity index (χ4n) is 3.58. The van der Waals surface area contributed by atoms with Crippen LogP contribution >= 0.6 is 11.6 Å². The maximum absolute atomic E-state index is 13.4. The molecule has 3 aromatic rings. The molecule has 8 heteroatoms. The van der Waals surface area contributed by atoms with Crippen LogP contribution in [0.2, 0.25) is 5.02 Å². The van der Waals surface area contributed by atoms with Crippen LogP contribution in [0.1, 0.15) is 28.1 Å². The molecule has 1 aromatic carbocycles. The number of nitrogens with zero attached hydrogens (tertiary/aromatic N) is 2. The highest BCUT2D eigenvalue weighted by Gasteiger charge is 2.45. The molecule has 1 N–H and O–H groups in total. The maximum Gasteiger partial charge on any atom is 0.290 e. The fraction of sp³-hybridized carbons (Fsp3) is 0.273. The van der Waals surface area contributed by atoms with E-state index in [1.54, 1.807) is 43.3 Å². The van der Waals surface area contributed by atoms with Crippen LogP contribution in [0, 0.1) is 6.92 Å². The molecule has 7 nitrogen and oxygen atoms in total. The zero-order valence-corrected chi connectivity index (χ0v) is 17.6. The third-order valence-electron chi connectivity index (χ3n) is 5.07. The number of likely N-dealkylation sites (N-methyl/N-ethyl adjacent to an activating group) is 1. The molecule has 0 spiro atoms. The van der Waals surface area contributed by atoms with Gasteiger partial charge in [0.05, 0.1) is 5.57 Å². The van der Waals surface area contributed by atoms with Crippen molar-refractivity contribution >= 4 is 34.3 Å². The second-order valence-corrected chi connectivity index (χ2v) is 7.97. The van der Waals surface area contributed by atoms with Crippen molar-refractivity contribution in [3.8, 4) is 0 Å². The number of carbonyl (C=O) groups excluding carboxylic acids is 2. The number of halogens is 1. The number of hydrogen-bond acceptors (Lipinski definition) is 6. The molecule has 0 fully saturated rings. The second kappa shape index (κ2) is 7.66. The number of fused-ring (bicyclic) bond motifs is 1. The van der Waals surface area contributed by atoms with Gasteiger partial charge in [0.15, 0.2) is 11.5 Å². The number of aryl methyl sites for hydroxylation is 1. The number of hydrogen-bond donors (Lipinski definition) is 1. The Morgan fingerprint density at radius 2 is 1.97 bits per heavy atom. The summed E-state index contributed by atoms with van der Waals surface area (Å²) < 4.78 is 11.4. The summed E-state index contributed by atoms with van der Waals surface area (Å²) in [4.78, 5) is 29.5. The number of amides is 1. The number of rotatable bonds is 6. The van der Waals surface area contributed by atoms with E-state index in [4.69, 9.17) is 20.4 Å². The molecule has 0 aliphatic carbocycles. The van der Waals surface area contributed by atoms with Gasteiger partial charge in [-0.1, -0.05) is 11.6 Å². The van der Waals surface area contributed by atoms with Crippen LogP contribution < -0.4 is 0 Å². The highest BCUT2D eigenvalue weighted by atomic mass is 35.5. The van der Waals surface area contributed by atoms with Gasteiger partial charge in [0, 0.05) is 23.5 Å². The van der Waals surface area contributed by atoms with Gasteiger partial charge in [-0.05, 0) is 57.4 Å². The third-order valence-corrected chi connectivity index (χ3v) is 5.30. The SMILES string of the molecule is Cc1ccc(C2C(C(=O)c3cc4cc(Cl)ccc4o3)=C(O)C(=O)N2CCN(C)C)o1. The van der Waals surface area contributed by atoms with Gasteiger partial charge in [0.1, 0.15) is 23.1 Å². The predicted molar refractivity (Wildman–Crippen MR) is 112 cm³/mol. The minimum absolute atomic E-state index is 0.0179. The van der Waals surface area contributed by atoms with E-state index < -0.39 is 23.5 Å². The number of benzene rings is 1. The number of ketones is 1. The number of aliphatic hydroxyl groups excluding tert-OH is 1. The standard InChI is InChI=1S/C22H21ClN2O5/c1-12-4-6-16(29-12)19-18(21(27)22(28)25(19)9-8-24(2)3)20(26)17-11-13-10-14(23)5-7-15(13)30-17/h4-7,10-11,19,27H,8-9H2,1-3H3. The summed E-state index contributed by atoms with van der Waals surface area (Å²) in [5, 5.41) is 11.8. The normalized spacial score (nSPS) is 17.0. The molecule has 1 atom stereocenters. The van der Waals surface area contributed by atoms with Crippen molar-refractivity contribution in [3.05, 3.63) is 70.0 Å². The molecule has 156 valence electrons. The predicted octanol–water partition coefficient (Wildman–Crippen LogP) is 4.13. The Kier molecular flexibility index (Phi) is 5.17. The van der Waals surface area contributed by atoms with Crippen LogP contribution in [-0.4, -0.2) is 53.8 Å². The van der Waals surface area contributed by atoms with Gasteiger partial charge in [-0.2, -0.15) is 0 Å². The van der Waals surface area contributed by atoms with Gasteiger partial charge in [0.2, 0.25) is 5.78 Å². The molecule has 2 aromatic heterocycles. The smallest absolute Gasteiger partial charge is 0.290 e. The van der Waals surface area contributed by atoms with Gasteiger partial charge >= 0.3 is 0 Å². The Balaban J connectivity index is 1.77. The van der Waals surface area contributed by atoms with E-state index >= 15 is 0 Å². The van der Waals surface area contributed by atoms with Crippen molar-refractivity contribution in [2.75, 3.05) is 27.2 Å². The first-order valence-corrected chi connectivity index (χ1v) is 9.83. The average molecular weight is 429 g/mol. The van der Waals surface area contributed by atoms with E-state index in [1.807, 2.05) is 19.0 Å². The van der Waals surface area contributed by atoms with Crippen LogP contribution in [-0.2, 0) is 4.79 Å². The van der Waals surface area contributed by atoms with Gasteiger partial charge in [-0.3, -0.25) is 9.59 Å². The largest absolute Gasteiger partial charge is 0.503 e. The Morgan fingerprint density at radius 3 is 2.63 bits per heavy atom. The van der Waals surface area contributed by atoms with Crippen molar-refractivity contribution in [2.45, 2.75) is 13.0 Å². The summed E-state index contributed by atoms with van der Waals surface area (Å²) in [6.07, 6.45) is 0. The van der Waals surface area contributed by atoms with E-state index in [1.165, 1.54) is 4.90 Å². The third kappa shape index (κ3) is 3.51. The lowest BCUT2D eigenvalue weighted by molar-refractivity contribution is -0.129. The molecule has 1 unspecified atom stereocenters. The second-order valence-electron chi connectivity index (χ2n) is 7.54. The van der Waals surface area contributed by atoms with Gasteiger partial charge in [-0.25, -0.2) is 0 Å². The fourth-order valence-corrected chi connectivity index (χ4v) is 3.76. The highest BCUT2D eigenvalue weighted by Crippen LogP contribution is 2.40. The van der Waals surface area contributed by atoms with Crippen LogP contribution in [0.3, 0.4) is 0 Å². The van der Waals surface area contributed by atoms with Crippen molar-refractivity contribution in [2.24, 2.45) is 0 Å². The van der Waals surface area contributed by atoms with E-state index in [-0.39, 0.29) is 11.3 Å². The molecule has 1 aliphatic rings. The number of Topliss-reactive ketones (excluding diaryl/α,β-unsaturated/α-hetero) is 1. The summed E-state index contributed by atoms with van der Waals surface area (Å²) in [6.45, 7) is 2.64. The lowest BCUT2D eigenvalue weighted by atomic mass is 9.99. The van der Waals surface area contributed by atoms with Gasteiger partial charge in [-0.15, -0.1) is 0 Å². The number of carbonyl (C=O) groups is 2. The topological polar surface area (TPSA) is 87.1 Å². The van der Waals surface area contributed by atoms with Gasteiger partial charge in [0.25, 0.3) is 5.91 Å². The molecule has 1 aliphatic heterocycles. The lowest BCUT2D eigenvalue weighted by Gasteiger charge is -2.26. The Bertz CT molecular complexity index is 1170. The summed E-state index contributed by atoms with van der Waals surface area (Å²) in [5.41, 5.74) is 0.431. The van der Waals surface area contributed by atoms with E-state index in [9.17, 15) is 14.7 Å². The minimum atomic E-state index is -0.838. The first-order chi connectivity index (χ1) is 14.3. The molecule has 0 saturated heterocycles. The van der Waals surface area contributed by atoms with Crippen molar-refractivity contribution < 1.29 is 23.5 Å². The van der Waals surface area contributed by atoms with Crippen molar-refractivity contribution in [1.29, 1.82) is 0 Å². The van der Waals surface area contributed by atoms with Gasteiger partial charge < -0.3 is 23.7 Å². The van der Waals surface area contributed by atoms with Crippen LogP contribution in [0.25, 0.3) is 11.0 Å². The minimum Gasteiger partial charge on any atom is -0.503 e. The Hall–Kier alpha value is -3.03. The molecule has 4 rings (SSSR count). The quantitative estimate of drug-likeness (QED) is 0.594. The molecule has 0 saturated carbocycles. The van der Waals surface area contributed by atoms with E-state index in [2.05, 4.69) is 0 Å².